The van der Waals surface area contributed by atoms with Crippen LogP contribution in [-0.2, 0) is 6.42 Å². The number of methoxy groups -OCH3 is 1. The van der Waals surface area contributed by atoms with E-state index in [2.05, 4.69) is 25.1 Å². The number of hydrogen-bond donors (Lipinski definition) is 0. The van der Waals surface area contributed by atoms with E-state index < -0.39 is 0 Å². The van der Waals surface area contributed by atoms with E-state index in [1.54, 1.807) is 13.2 Å². The first-order valence-electron chi connectivity index (χ1n) is 7.77. The minimum atomic E-state index is -0.296. The molecule has 0 radical (unpaired) electrons. The van der Waals surface area contributed by atoms with Crippen molar-refractivity contribution in [3.8, 4) is 5.75 Å². The number of benzene rings is 2. The fourth-order valence-corrected chi connectivity index (χ4v) is 2.84. The van der Waals surface area contributed by atoms with Gasteiger partial charge in [-0.2, -0.15) is 0 Å². The van der Waals surface area contributed by atoms with Crippen LogP contribution in [0.15, 0.2) is 45.6 Å². The SMILES string of the molecule is COc1ccc2c(c1)oc(=O)c1cc(CCCN(C)C)ccc12. The van der Waals surface area contributed by atoms with Crippen LogP contribution in [0.1, 0.15) is 12.0 Å². The molecule has 0 amide bonds. The van der Waals surface area contributed by atoms with Crippen LogP contribution in [0.3, 0.4) is 0 Å². The van der Waals surface area contributed by atoms with E-state index in [1.165, 1.54) is 5.56 Å². The Bertz CT molecular complexity index is 896. The van der Waals surface area contributed by atoms with E-state index in [0.29, 0.717) is 16.7 Å². The van der Waals surface area contributed by atoms with Gasteiger partial charge in [0.25, 0.3) is 0 Å². The average molecular weight is 311 g/mol. The van der Waals surface area contributed by atoms with Crippen LogP contribution in [-0.4, -0.2) is 32.6 Å². The van der Waals surface area contributed by atoms with E-state index in [9.17, 15) is 4.79 Å². The molecule has 3 rings (SSSR count). The Labute approximate surface area is 135 Å². The number of aryl methyl sites for hydroxylation is 1. The standard InChI is InChI=1S/C19H21NO3/c1-20(2)10-4-5-13-6-8-15-16-9-7-14(22-3)12-18(16)23-19(21)17(15)11-13/h6-9,11-12H,4-5,10H2,1-3H3. The Balaban J connectivity index is 2.04. The molecule has 0 aliphatic heterocycles. The highest BCUT2D eigenvalue weighted by atomic mass is 16.5. The van der Waals surface area contributed by atoms with Crippen molar-refractivity contribution in [3.63, 3.8) is 0 Å². The molecule has 2 aromatic carbocycles. The van der Waals surface area contributed by atoms with Gasteiger partial charge in [-0.3, -0.25) is 0 Å². The van der Waals surface area contributed by atoms with Gasteiger partial charge in [0.2, 0.25) is 0 Å². The van der Waals surface area contributed by atoms with Crippen LogP contribution in [0.5, 0.6) is 5.75 Å². The molecule has 0 saturated heterocycles. The van der Waals surface area contributed by atoms with E-state index >= 15 is 0 Å². The number of nitrogens with zero attached hydrogens (tertiary/aromatic N) is 1. The van der Waals surface area contributed by atoms with Gasteiger partial charge in [0, 0.05) is 11.5 Å². The second-order valence-corrected chi connectivity index (χ2v) is 6.04. The maximum absolute atomic E-state index is 12.3. The molecule has 3 aromatic rings. The van der Waals surface area contributed by atoms with Crippen LogP contribution in [0.2, 0.25) is 0 Å². The normalized spacial score (nSPS) is 11.5. The van der Waals surface area contributed by atoms with Crippen LogP contribution < -0.4 is 10.4 Å². The number of ether oxygens (including phenoxy) is 1. The lowest BCUT2D eigenvalue weighted by Gasteiger charge is -2.10. The van der Waals surface area contributed by atoms with Gasteiger partial charge in [-0.25, -0.2) is 4.79 Å². The Morgan fingerprint density at radius 1 is 1.04 bits per heavy atom. The molecule has 23 heavy (non-hydrogen) atoms. The highest BCUT2D eigenvalue weighted by Gasteiger charge is 2.09. The van der Waals surface area contributed by atoms with Gasteiger partial charge in [-0.1, -0.05) is 12.1 Å². The third kappa shape index (κ3) is 3.22. The molecule has 4 heteroatoms. The summed E-state index contributed by atoms with van der Waals surface area (Å²) in [5, 5.41) is 2.50. The van der Waals surface area contributed by atoms with Gasteiger partial charge in [0.05, 0.1) is 12.5 Å². The summed E-state index contributed by atoms with van der Waals surface area (Å²) in [5.74, 6) is 0.681. The lowest BCUT2D eigenvalue weighted by atomic mass is 10.0. The van der Waals surface area contributed by atoms with Gasteiger partial charge < -0.3 is 14.1 Å². The molecule has 120 valence electrons. The summed E-state index contributed by atoms with van der Waals surface area (Å²) in [5.41, 5.74) is 1.43. The molecule has 0 spiro atoms. The van der Waals surface area contributed by atoms with Crippen molar-refractivity contribution in [2.24, 2.45) is 0 Å². The van der Waals surface area contributed by atoms with Gasteiger partial charge in [0.15, 0.2) is 0 Å². The minimum absolute atomic E-state index is 0.296. The lowest BCUT2D eigenvalue weighted by molar-refractivity contribution is 0.400. The summed E-state index contributed by atoms with van der Waals surface area (Å²) in [7, 11) is 5.73. The maximum Gasteiger partial charge on any atom is 0.344 e. The summed E-state index contributed by atoms with van der Waals surface area (Å²) in [6, 6.07) is 11.6. The zero-order chi connectivity index (χ0) is 16.4. The average Bonchev–Trinajstić information content (AvgIpc) is 2.54. The van der Waals surface area contributed by atoms with Crippen molar-refractivity contribution >= 4 is 21.7 Å². The first-order chi connectivity index (χ1) is 11.1. The minimum Gasteiger partial charge on any atom is -0.497 e. The summed E-state index contributed by atoms with van der Waals surface area (Å²) in [6.07, 6.45) is 2.02. The zero-order valence-corrected chi connectivity index (χ0v) is 13.8. The quantitative estimate of drug-likeness (QED) is 0.535. The molecule has 0 unspecified atom stereocenters. The van der Waals surface area contributed by atoms with Crippen molar-refractivity contribution in [1.29, 1.82) is 0 Å². The number of hydrogen-bond acceptors (Lipinski definition) is 4. The van der Waals surface area contributed by atoms with Crippen molar-refractivity contribution < 1.29 is 9.15 Å². The van der Waals surface area contributed by atoms with Crippen molar-refractivity contribution in [2.45, 2.75) is 12.8 Å². The molecule has 0 fully saturated rings. The summed E-state index contributed by atoms with van der Waals surface area (Å²) in [4.78, 5) is 14.5. The lowest BCUT2D eigenvalue weighted by Crippen LogP contribution is -2.13. The second kappa shape index (κ2) is 6.42. The molecular formula is C19H21NO3. The number of rotatable bonds is 5. The van der Waals surface area contributed by atoms with Gasteiger partial charge in [-0.05, 0) is 62.6 Å². The Morgan fingerprint density at radius 2 is 1.83 bits per heavy atom. The van der Waals surface area contributed by atoms with Crippen LogP contribution in [0, 0.1) is 0 Å². The maximum atomic E-state index is 12.3. The Hall–Kier alpha value is -2.33. The van der Waals surface area contributed by atoms with Gasteiger partial charge in [-0.15, -0.1) is 0 Å². The molecule has 1 aromatic heterocycles. The van der Waals surface area contributed by atoms with E-state index in [4.69, 9.17) is 9.15 Å². The molecule has 0 atom stereocenters. The molecule has 0 aliphatic carbocycles. The molecule has 0 aliphatic rings. The second-order valence-electron chi connectivity index (χ2n) is 6.04. The van der Waals surface area contributed by atoms with Gasteiger partial charge in [0.1, 0.15) is 11.3 Å². The van der Waals surface area contributed by atoms with Crippen LogP contribution >= 0.6 is 0 Å². The summed E-state index contributed by atoms with van der Waals surface area (Å²) in [6.45, 7) is 1.03. The highest BCUT2D eigenvalue weighted by molar-refractivity contribution is 6.04. The number of fused-ring (bicyclic) bond motifs is 3. The Kier molecular flexibility index (Phi) is 4.35. The zero-order valence-electron chi connectivity index (χ0n) is 13.8. The molecule has 0 N–H and O–H groups in total. The first-order valence-corrected chi connectivity index (χ1v) is 7.77. The van der Waals surface area contributed by atoms with E-state index in [1.807, 2.05) is 24.3 Å². The highest BCUT2D eigenvalue weighted by Crippen LogP contribution is 2.27. The Morgan fingerprint density at radius 3 is 2.57 bits per heavy atom. The van der Waals surface area contributed by atoms with Gasteiger partial charge >= 0.3 is 5.63 Å². The topological polar surface area (TPSA) is 42.7 Å². The smallest absolute Gasteiger partial charge is 0.344 e. The summed E-state index contributed by atoms with van der Waals surface area (Å²) < 4.78 is 10.7. The largest absolute Gasteiger partial charge is 0.497 e. The van der Waals surface area contributed by atoms with Crippen molar-refractivity contribution in [2.75, 3.05) is 27.7 Å². The van der Waals surface area contributed by atoms with Crippen molar-refractivity contribution in [1.82, 2.24) is 4.90 Å². The first kappa shape index (κ1) is 15.6. The molecule has 4 nitrogen and oxygen atoms in total. The summed E-state index contributed by atoms with van der Waals surface area (Å²) >= 11 is 0. The fraction of sp³-hybridized carbons (Fsp3) is 0.316. The predicted octanol–water partition coefficient (Wildman–Crippen LogP) is 3.45. The third-order valence-corrected chi connectivity index (χ3v) is 4.06. The predicted molar refractivity (Wildman–Crippen MR) is 93.4 cm³/mol. The monoisotopic (exact) mass is 311 g/mol. The molecular weight excluding hydrogens is 290 g/mol. The third-order valence-electron chi connectivity index (χ3n) is 4.06. The van der Waals surface area contributed by atoms with Crippen LogP contribution in [0.25, 0.3) is 21.7 Å². The van der Waals surface area contributed by atoms with E-state index in [0.717, 1.165) is 30.2 Å². The molecule has 0 saturated carbocycles. The van der Waals surface area contributed by atoms with E-state index in [-0.39, 0.29) is 5.63 Å². The molecule has 0 bridgehead atoms. The van der Waals surface area contributed by atoms with Crippen LogP contribution in [0.4, 0.5) is 0 Å². The molecule has 1 heterocycles. The fourth-order valence-electron chi connectivity index (χ4n) is 2.84. The van der Waals surface area contributed by atoms with Crippen molar-refractivity contribution in [3.05, 3.63) is 52.4 Å².